The Morgan fingerprint density at radius 2 is 2.00 bits per heavy atom. The average molecular weight is 246 g/mol. The number of nitrogen functional groups attached to an aromatic ring is 1. The molecule has 0 aliphatic heterocycles. The molecule has 0 aromatic heterocycles. The van der Waals surface area contributed by atoms with Crippen molar-refractivity contribution >= 4 is 5.69 Å². The van der Waals surface area contributed by atoms with E-state index in [-0.39, 0.29) is 0 Å². The summed E-state index contributed by atoms with van der Waals surface area (Å²) in [6.45, 7) is 3.50. The van der Waals surface area contributed by atoms with Crippen molar-refractivity contribution in [3.05, 3.63) is 29.8 Å². The van der Waals surface area contributed by atoms with E-state index in [4.69, 9.17) is 5.73 Å². The van der Waals surface area contributed by atoms with Crippen LogP contribution in [-0.4, -0.2) is 12.1 Å². The molecule has 1 aromatic rings. The van der Waals surface area contributed by atoms with Gasteiger partial charge in [-0.05, 0) is 56.8 Å². The van der Waals surface area contributed by atoms with Crippen molar-refractivity contribution < 1.29 is 0 Å². The normalized spacial score (nSPS) is 18.7. The van der Waals surface area contributed by atoms with E-state index in [0.717, 1.165) is 18.7 Å². The van der Waals surface area contributed by atoms with Gasteiger partial charge in [0.05, 0.1) is 0 Å². The van der Waals surface area contributed by atoms with Crippen molar-refractivity contribution in [1.29, 1.82) is 0 Å². The summed E-state index contributed by atoms with van der Waals surface area (Å²) in [5, 5.41) is 3.75. The van der Waals surface area contributed by atoms with Crippen LogP contribution in [-0.2, 0) is 6.42 Å². The lowest BCUT2D eigenvalue weighted by molar-refractivity contribution is 0.254. The molecule has 2 heteroatoms. The van der Waals surface area contributed by atoms with Crippen LogP contribution in [0.2, 0.25) is 0 Å². The average Bonchev–Trinajstić information content (AvgIpc) is 2.36. The number of aryl methyl sites for hydroxylation is 1. The maximum atomic E-state index is 5.79. The number of benzene rings is 1. The van der Waals surface area contributed by atoms with Crippen LogP contribution in [0.1, 0.15) is 51.0 Å². The first-order chi connectivity index (χ1) is 8.68. The van der Waals surface area contributed by atoms with E-state index >= 15 is 0 Å². The molecule has 1 fully saturated rings. The molecular weight excluding hydrogens is 220 g/mol. The van der Waals surface area contributed by atoms with Crippen molar-refractivity contribution in [2.75, 3.05) is 12.3 Å². The summed E-state index contributed by atoms with van der Waals surface area (Å²) in [4.78, 5) is 0. The summed E-state index contributed by atoms with van der Waals surface area (Å²) < 4.78 is 0. The van der Waals surface area contributed by atoms with E-state index in [2.05, 4.69) is 24.4 Å². The minimum Gasteiger partial charge on any atom is -0.399 e. The van der Waals surface area contributed by atoms with Crippen LogP contribution < -0.4 is 11.1 Å². The number of nitrogens with one attached hydrogen (secondary N) is 1. The van der Waals surface area contributed by atoms with Crippen molar-refractivity contribution in [2.45, 2.75) is 57.4 Å². The molecule has 0 radical (unpaired) electrons. The highest BCUT2D eigenvalue weighted by molar-refractivity contribution is 5.40. The van der Waals surface area contributed by atoms with Gasteiger partial charge in [0.15, 0.2) is 0 Å². The first-order valence-corrected chi connectivity index (χ1v) is 7.27. The predicted octanol–water partition coefficient (Wildman–Crippen LogP) is 3.51. The zero-order valence-corrected chi connectivity index (χ0v) is 11.5. The molecule has 1 aliphatic carbocycles. The van der Waals surface area contributed by atoms with Gasteiger partial charge < -0.3 is 11.1 Å². The fourth-order valence-electron chi connectivity index (χ4n) is 2.94. The predicted molar refractivity (Wildman–Crippen MR) is 78.7 cm³/mol. The standard InChI is InChI=1S/C16H26N2/c1-16(10-3-2-4-11-16)18-12-6-8-14-7-5-9-15(17)13-14/h5,7,9,13,18H,2-4,6,8,10-12,17H2,1H3. The molecule has 0 spiro atoms. The first-order valence-electron chi connectivity index (χ1n) is 7.27. The van der Waals surface area contributed by atoms with Gasteiger partial charge in [-0.2, -0.15) is 0 Å². The summed E-state index contributed by atoms with van der Waals surface area (Å²) in [6.07, 6.45) is 9.18. The second-order valence-electron chi connectivity index (χ2n) is 5.90. The van der Waals surface area contributed by atoms with Crippen LogP contribution >= 0.6 is 0 Å². The van der Waals surface area contributed by atoms with Gasteiger partial charge in [-0.25, -0.2) is 0 Å². The molecule has 18 heavy (non-hydrogen) atoms. The second kappa shape index (κ2) is 6.24. The Hall–Kier alpha value is -1.02. The van der Waals surface area contributed by atoms with Gasteiger partial charge >= 0.3 is 0 Å². The third-order valence-corrected chi connectivity index (χ3v) is 4.10. The number of rotatable bonds is 5. The zero-order chi connectivity index (χ0) is 12.8. The minimum atomic E-state index is 0.397. The lowest BCUT2D eigenvalue weighted by atomic mass is 9.83. The SMILES string of the molecule is CC1(NCCCc2cccc(N)c2)CCCCC1. The molecule has 2 nitrogen and oxygen atoms in total. The van der Waals surface area contributed by atoms with E-state index < -0.39 is 0 Å². The van der Waals surface area contributed by atoms with Crippen LogP contribution in [0.15, 0.2) is 24.3 Å². The minimum absolute atomic E-state index is 0.397. The zero-order valence-electron chi connectivity index (χ0n) is 11.5. The molecule has 0 atom stereocenters. The third-order valence-electron chi connectivity index (χ3n) is 4.10. The van der Waals surface area contributed by atoms with E-state index in [1.54, 1.807) is 0 Å². The highest BCUT2D eigenvalue weighted by Gasteiger charge is 2.25. The maximum absolute atomic E-state index is 5.79. The fraction of sp³-hybridized carbons (Fsp3) is 0.625. The van der Waals surface area contributed by atoms with Gasteiger partial charge in [-0.1, -0.05) is 31.4 Å². The van der Waals surface area contributed by atoms with E-state index in [1.165, 1.54) is 44.1 Å². The molecule has 1 aromatic carbocycles. The van der Waals surface area contributed by atoms with Crippen molar-refractivity contribution in [3.63, 3.8) is 0 Å². The summed E-state index contributed by atoms with van der Waals surface area (Å²) in [5.41, 5.74) is 8.41. The molecule has 100 valence electrons. The monoisotopic (exact) mass is 246 g/mol. The Kier molecular flexibility index (Phi) is 4.65. The smallest absolute Gasteiger partial charge is 0.0316 e. The maximum Gasteiger partial charge on any atom is 0.0316 e. The Bertz CT molecular complexity index is 367. The molecule has 0 amide bonds. The highest BCUT2D eigenvalue weighted by Crippen LogP contribution is 2.27. The van der Waals surface area contributed by atoms with Crippen LogP contribution in [0.5, 0.6) is 0 Å². The van der Waals surface area contributed by atoms with Crippen LogP contribution in [0.4, 0.5) is 5.69 Å². The number of nitrogens with two attached hydrogens (primary N) is 1. The Balaban J connectivity index is 1.69. The molecule has 0 saturated heterocycles. The van der Waals surface area contributed by atoms with Gasteiger partial charge in [-0.3, -0.25) is 0 Å². The van der Waals surface area contributed by atoms with Gasteiger partial charge in [0.1, 0.15) is 0 Å². The fourth-order valence-corrected chi connectivity index (χ4v) is 2.94. The van der Waals surface area contributed by atoms with Crippen LogP contribution in [0.25, 0.3) is 0 Å². The molecule has 1 aliphatic rings. The number of hydrogen-bond acceptors (Lipinski definition) is 2. The Morgan fingerprint density at radius 3 is 2.72 bits per heavy atom. The molecule has 1 saturated carbocycles. The van der Waals surface area contributed by atoms with Crippen LogP contribution in [0.3, 0.4) is 0 Å². The van der Waals surface area contributed by atoms with E-state index in [1.807, 2.05) is 12.1 Å². The molecule has 2 rings (SSSR count). The van der Waals surface area contributed by atoms with E-state index in [0.29, 0.717) is 5.54 Å². The summed E-state index contributed by atoms with van der Waals surface area (Å²) >= 11 is 0. The van der Waals surface area contributed by atoms with E-state index in [9.17, 15) is 0 Å². The summed E-state index contributed by atoms with van der Waals surface area (Å²) in [5.74, 6) is 0. The lowest BCUT2D eigenvalue weighted by Gasteiger charge is -2.34. The van der Waals surface area contributed by atoms with Gasteiger partial charge in [-0.15, -0.1) is 0 Å². The topological polar surface area (TPSA) is 38.0 Å². The first kappa shape index (κ1) is 13.4. The quantitative estimate of drug-likeness (QED) is 0.616. The molecule has 0 unspecified atom stereocenters. The van der Waals surface area contributed by atoms with Crippen molar-refractivity contribution in [2.24, 2.45) is 0 Å². The Morgan fingerprint density at radius 1 is 1.22 bits per heavy atom. The summed E-state index contributed by atoms with van der Waals surface area (Å²) in [6, 6.07) is 8.24. The lowest BCUT2D eigenvalue weighted by Crippen LogP contribution is -2.44. The van der Waals surface area contributed by atoms with Crippen LogP contribution in [0, 0.1) is 0 Å². The van der Waals surface area contributed by atoms with Gasteiger partial charge in [0.25, 0.3) is 0 Å². The second-order valence-corrected chi connectivity index (χ2v) is 5.90. The number of anilines is 1. The summed E-state index contributed by atoms with van der Waals surface area (Å²) in [7, 11) is 0. The highest BCUT2D eigenvalue weighted by atomic mass is 15.0. The molecular formula is C16H26N2. The largest absolute Gasteiger partial charge is 0.399 e. The van der Waals surface area contributed by atoms with Crippen molar-refractivity contribution in [1.82, 2.24) is 5.32 Å². The third kappa shape index (κ3) is 4.02. The van der Waals surface area contributed by atoms with Gasteiger partial charge in [0, 0.05) is 11.2 Å². The molecule has 0 bridgehead atoms. The van der Waals surface area contributed by atoms with Gasteiger partial charge in [0.2, 0.25) is 0 Å². The Labute approximate surface area is 111 Å². The molecule has 3 N–H and O–H groups in total. The molecule has 0 heterocycles. The van der Waals surface area contributed by atoms with Crippen molar-refractivity contribution in [3.8, 4) is 0 Å². The number of hydrogen-bond donors (Lipinski definition) is 2.